The van der Waals surface area contributed by atoms with E-state index < -0.39 is 10.0 Å². The minimum absolute atomic E-state index is 0.179. The van der Waals surface area contributed by atoms with Crippen molar-refractivity contribution in [1.82, 2.24) is 8.87 Å². The molecule has 6 heteroatoms. The van der Waals surface area contributed by atoms with Crippen LogP contribution in [0, 0.1) is 0 Å². The summed E-state index contributed by atoms with van der Waals surface area (Å²) in [6, 6.07) is 15.2. The predicted molar refractivity (Wildman–Crippen MR) is 98.1 cm³/mol. The predicted octanol–water partition coefficient (Wildman–Crippen LogP) is 3.14. The lowest BCUT2D eigenvalue weighted by Gasteiger charge is -2.07. The van der Waals surface area contributed by atoms with E-state index in [2.05, 4.69) is 0 Å². The van der Waals surface area contributed by atoms with Crippen molar-refractivity contribution in [1.29, 1.82) is 0 Å². The van der Waals surface area contributed by atoms with Crippen LogP contribution in [0.25, 0.3) is 10.9 Å². The van der Waals surface area contributed by atoms with Crippen LogP contribution in [0.3, 0.4) is 0 Å². The maximum atomic E-state index is 13.0. The van der Waals surface area contributed by atoms with Gasteiger partial charge in [-0.05, 0) is 18.2 Å². The Hall–Kier alpha value is -2.86. The van der Waals surface area contributed by atoms with Gasteiger partial charge in [-0.1, -0.05) is 36.4 Å². The number of carbonyl (C=O) groups is 1. The number of hydrogen-bond acceptors (Lipinski definition) is 4. The summed E-state index contributed by atoms with van der Waals surface area (Å²) in [7, 11) is -0.155. The molecular formula is C19H18N2O3S. The molecular weight excluding hydrogens is 336 g/mol. The molecule has 0 aliphatic heterocycles. The molecule has 0 unspecified atom stereocenters. The maximum Gasteiger partial charge on any atom is 0.268 e. The van der Waals surface area contributed by atoms with E-state index in [1.807, 2.05) is 14.1 Å². The number of ketones is 1. The van der Waals surface area contributed by atoms with Crippen molar-refractivity contribution in [2.75, 3.05) is 14.1 Å². The summed E-state index contributed by atoms with van der Waals surface area (Å²) in [6.07, 6.45) is 4.47. The van der Waals surface area contributed by atoms with E-state index in [1.165, 1.54) is 28.4 Å². The Kier molecular flexibility index (Phi) is 4.46. The zero-order valence-corrected chi connectivity index (χ0v) is 14.8. The minimum Gasteiger partial charge on any atom is -0.383 e. The Balaban J connectivity index is 2.20. The maximum absolute atomic E-state index is 13.0. The number of carbonyl (C=O) groups excluding carboxylic acids is 1. The van der Waals surface area contributed by atoms with Gasteiger partial charge in [0.2, 0.25) is 0 Å². The average molecular weight is 354 g/mol. The number of rotatable bonds is 5. The Labute approximate surface area is 146 Å². The molecule has 0 saturated carbocycles. The number of benzene rings is 2. The fourth-order valence-electron chi connectivity index (χ4n) is 2.56. The second-order valence-electron chi connectivity index (χ2n) is 5.82. The molecule has 5 nitrogen and oxygen atoms in total. The number of nitrogens with zero attached hydrogens (tertiary/aromatic N) is 2. The van der Waals surface area contributed by atoms with Gasteiger partial charge < -0.3 is 4.90 Å². The molecule has 0 aliphatic rings. The van der Waals surface area contributed by atoms with Crippen LogP contribution in [0.2, 0.25) is 0 Å². The second kappa shape index (κ2) is 6.57. The Morgan fingerprint density at radius 2 is 1.64 bits per heavy atom. The van der Waals surface area contributed by atoms with Gasteiger partial charge in [0.25, 0.3) is 10.0 Å². The summed E-state index contributed by atoms with van der Waals surface area (Å²) in [5.41, 5.74) is 0.834. The quantitative estimate of drug-likeness (QED) is 0.522. The van der Waals surface area contributed by atoms with E-state index in [0.29, 0.717) is 16.5 Å². The zero-order valence-electron chi connectivity index (χ0n) is 14.0. The zero-order chi connectivity index (χ0) is 18.0. The van der Waals surface area contributed by atoms with E-state index in [4.69, 9.17) is 0 Å². The Morgan fingerprint density at radius 1 is 1.00 bits per heavy atom. The first kappa shape index (κ1) is 17.0. The third-order valence-electron chi connectivity index (χ3n) is 3.77. The van der Waals surface area contributed by atoms with Crippen molar-refractivity contribution in [2.45, 2.75) is 4.90 Å². The van der Waals surface area contributed by atoms with Gasteiger partial charge in [-0.2, -0.15) is 0 Å². The van der Waals surface area contributed by atoms with Crippen LogP contribution in [0.1, 0.15) is 10.4 Å². The molecule has 25 heavy (non-hydrogen) atoms. The number of para-hydroxylation sites is 1. The fourth-order valence-corrected chi connectivity index (χ4v) is 3.95. The molecule has 0 spiro atoms. The summed E-state index contributed by atoms with van der Waals surface area (Å²) in [6.45, 7) is 0. The average Bonchev–Trinajstić information content (AvgIpc) is 3.01. The molecule has 2 aromatic carbocycles. The van der Waals surface area contributed by atoms with Crippen molar-refractivity contribution >= 4 is 26.7 Å². The van der Waals surface area contributed by atoms with Crippen LogP contribution < -0.4 is 0 Å². The van der Waals surface area contributed by atoms with Gasteiger partial charge in [0.15, 0.2) is 5.78 Å². The first-order valence-electron chi connectivity index (χ1n) is 7.71. The summed E-state index contributed by atoms with van der Waals surface area (Å²) in [5.74, 6) is -0.244. The molecule has 0 N–H and O–H groups in total. The van der Waals surface area contributed by atoms with Crippen LogP contribution >= 0.6 is 0 Å². The normalized spacial score (nSPS) is 11.9. The first-order chi connectivity index (χ1) is 11.9. The lowest BCUT2D eigenvalue weighted by atomic mass is 10.1. The molecule has 0 atom stereocenters. The number of allylic oxidation sites excluding steroid dienone is 1. The Morgan fingerprint density at radius 3 is 2.32 bits per heavy atom. The van der Waals surface area contributed by atoms with Gasteiger partial charge in [0.05, 0.1) is 10.4 Å². The van der Waals surface area contributed by atoms with Crippen LogP contribution in [0.5, 0.6) is 0 Å². The molecule has 0 fully saturated rings. The van der Waals surface area contributed by atoms with Gasteiger partial charge in [0.1, 0.15) is 0 Å². The second-order valence-corrected chi connectivity index (χ2v) is 7.63. The van der Waals surface area contributed by atoms with Gasteiger partial charge >= 0.3 is 0 Å². The molecule has 3 rings (SSSR count). The lowest BCUT2D eigenvalue weighted by molar-refractivity contribution is 0.104. The summed E-state index contributed by atoms with van der Waals surface area (Å²) < 4.78 is 27.1. The minimum atomic E-state index is -3.78. The van der Waals surface area contributed by atoms with E-state index in [1.54, 1.807) is 53.6 Å². The summed E-state index contributed by atoms with van der Waals surface area (Å²) >= 11 is 0. The molecule has 0 bridgehead atoms. The largest absolute Gasteiger partial charge is 0.383 e. The van der Waals surface area contributed by atoms with Crippen LogP contribution in [0.4, 0.5) is 0 Å². The Bertz CT molecular complexity index is 1050. The van der Waals surface area contributed by atoms with Gasteiger partial charge in [-0.3, -0.25) is 4.79 Å². The summed E-state index contributed by atoms with van der Waals surface area (Å²) in [4.78, 5) is 14.4. The summed E-state index contributed by atoms with van der Waals surface area (Å²) in [5, 5.41) is 0.607. The van der Waals surface area contributed by atoms with Gasteiger partial charge in [-0.25, -0.2) is 12.4 Å². The van der Waals surface area contributed by atoms with E-state index in [0.717, 1.165) is 0 Å². The molecule has 1 aromatic heterocycles. The van der Waals surface area contributed by atoms with Crippen LogP contribution in [0.15, 0.2) is 78.0 Å². The number of fused-ring (bicyclic) bond motifs is 1. The smallest absolute Gasteiger partial charge is 0.268 e. The highest BCUT2D eigenvalue weighted by Crippen LogP contribution is 2.26. The first-order valence-corrected chi connectivity index (χ1v) is 9.15. The highest BCUT2D eigenvalue weighted by atomic mass is 32.2. The fraction of sp³-hybridized carbons (Fsp3) is 0.105. The van der Waals surface area contributed by atoms with Crippen molar-refractivity contribution in [3.63, 3.8) is 0 Å². The van der Waals surface area contributed by atoms with Crippen molar-refractivity contribution < 1.29 is 13.2 Å². The topological polar surface area (TPSA) is 59.4 Å². The molecule has 0 saturated heterocycles. The van der Waals surface area contributed by atoms with Crippen molar-refractivity contribution in [2.24, 2.45) is 0 Å². The third kappa shape index (κ3) is 3.21. The highest BCUT2D eigenvalue weighted by Gasteiger charge is 2.22. The molecule has 0 radical (unpaired) electrons. The monoisotopic (exact) mass is 354 g/mol. The number of aromatic nitrogens is 1. The lowest BCUT2D eigenvalue weighted by Crippen LogP contribution is -2.11. The third-order valence-corrected chi connectivity index (χ3v) is 5.46. The van der Waals surface area contributed by atoms with Gasteiger partial charge in [-0.15, -0.1) is 0 Å². The van der Waals surface area contributed by atoms with Crippen molar-refractivity contribution in [3.05, 3.63) is 78.6 Å². The molecule has 3 aromatic rings. The molecule has 0 amide bonds. The van der Waals surface area contributed by atoms with E-state index in [-0.39, 0.29) is 10.7 Å². The van der Waals surface area contributed by atoms with E-state index >= 15 is 0 Å². The van der Waals surface area contributed by atoms with Crippen LogP contribution in [-0.2, 0) is 10.0 Å². The van der Waals surface area contributed by atoms with Crippen molar-refractivity contribution in [3.8, 4) is 0 Å². The van der Waals surface area contributed by atoms with Gasteiger partial charge in [0, 0.05) is 43.5 Å². The molecule has 128 valence electrons. The van der Waals surface area contributed by atoms with E-state index in [9.17, 15) is 13.2 Å². The SMILES string of the molecule is CN(C)/C=C/C(=O)c1cn(S(=O)(=O)c2ccccc2)c2ccccc12. The standard InChI is InChI=1S/C19H18N2O3S/c1-20(2)13-12-19(22)17-14-21(18-11-7-6-10-16(17)18)25(23,24)15-8-4-3-5-9-15/h3-14H,1-2H3/b13-12+. The molecule has 1 heterocycles. The number of hydrogen-bond donors (Lipinski definition) is 0. The molecule has 0 aliphatic carbocycles. The van der Waals surface area contributed by atoms with Crippen LogP contribution in [-0.4, -0.2) is 37.2 Å². The highest BCUT2D eigenvalue weighted by molar-refractivity contribution is 7.90.